The Kier molecular flexibility index (Phi) is 6.15. The molecule has 0 aliphatic heterocycles. The van der Waals surface area contributed by atoms with E-state index in [1.54, 1.807) is 19.1 Å². The van der Waals surface area contributed by atoms with Gasteiger partial charge in [-0.3, -0.25) is 9.59 Å². The molecule has 0 saturated heterocycles. The fraction of sp³-hybridized carbons (Fsp3) is 0.188. The van der Waals surface area contributed by atoms with Crippen LogP contribution in [0.5, 0.6) is 0 Å². The molecule has 0 spiro atoms. The predicted octanol–water partition coefficient (Wildman–Crippen LogP) is 1.41. The Balaban J connectivity index is 3.72. The van der Waals surface area contributed by atoms with Gasteiger partial charge in [0.2, 0.25) is 5.41 Å². The van der Waals surface area contributed by atoms with E-state index < -0.39 is 46.2 Å². The highest BCUT2D eigenvalue weighted by molar-refractivity contribution is 6.08. The van der Waals surface area contributed by atoms with Gasteiger partial charge in [-0.25, -0.2) is 14.6 Å². The topological polar surface area (TPSA) is 162 Å². The minimum absolute atomic E-state index is 0.238. The lowest BCUT2D eigenvalue weighted by Crippen LogP contribution is -2.42. The van der Waals surface area contributed by atoms with Crippen molar-refractivity contribution in [3.8, 4) is 0 Å². The molecule has 1 rings (SSSR count). The van der Waals surface area contributed by atoms with Crippen LogP contribution in [-0.4, -0.2) is 49.3 Å². The van der Waals surface area contributed by atoms with Crippen LogP contribution < -0.4 is 0 Å². The van der Waals surface area contributed by atoms with Gasteiger partial charge < -0.3 is 20.4 Å². The average molecular weight is 349 g/mol. The molecule has 0 unspecified atom stereocenters. The molecule has 0 bridgehead atoms. The summed E-state index contributed by atoms with van der Waals surface area (Å²) in [6, 6.07) is 1.47. The third-order valence-corrected chi connectivity index (χ3v) is 3.27. The van der Waals surface area contributed by atoms with Crippen molar-refractivity contribution in [3.63, 3.8) is 0 Å². The molecule has 0 radical (unpaired) electrons. The van der Waals surface area contributed by atoms with Crippen molar-refractivity contribution in [1.82, 2.24) is 4.98 Å². The van der Waals surface area contributed by atoms with Crippen LogP contribution in [-0.2, 0) is 15.0 Å². The first kappa shape index (κ1) is 19.6. The third-order valence-electron chi connectivity index (χ3n) is 3.27. The minimum atomic E-state index is -2.65. The van der Waals surface area contributed by atoms with E-state index in [1.807, 2.05) is 0 Å². The third kappa shape index (κ3) is 4.08. The van der Waals surface area contributed by atoms with Crippen LogP contribution in [0, 0.1) is 0 Å². The summed E-state index contributed by atoms with van der Waals surface area (Å²) in [5.41, 5.74) is -4.74. The van der Waals surface area contributed by atoms with Crippen molar-refractivity contribution < 1.29 is 39.6 Å². The van der Waals surface area contributed by atoms with Crippen molar-refractivity contribution >= 4 is 23.9 Å². The monoisotopic (exact) mass is 349 g/mol. The summed E-state index contributed by atoms with van der Waals surface area (Å²) in [5.74, 6) is -6.83. The van der Waals surface area contributed by atoms with Crippen LogP contribution in [0.1, 0.15) is 39.9 Å². The molecule has 0 amide bonds. The van der Waals surface area contributed by atoms with Gasteiger partial charge in [0.15, 0.2) is 0 Å². The highest BCUT2D eigenvalue weighted by atomic mass is 16.4. The molecule has 4 N–H and O–H groups in total. The van der Waals surface area contributed by atoms with E-state index in [2.05, 4.69) is 4.98 Å². The van der Waals surface area contributed by atoms with Crippen molar-refractivity contribution in [2.45, 2.75) is 18.8 Å². The van der Waals surface area contributed by atoms with Crippen LogP contribution in [0.25, 0.3) is 0 Å². The number of nitrogens with zero attached hydrogens (tertiary/aromatic N) is 1. The van der Waals surface area contributed by atoms with E-state index in [4.69, 9.17) is 10.2 Å². The zero-order valence-corrected chi connectivity index (χ0v) is 13.0. The second kappa shape index (κ2) is 7.86. The lowest BCUT2D eigenvalue weighted by atomic mass is 9.79. The smallest absolute Gasteiger partial charge is 0.354 e. The molecule has 0 atom stereocenters. The Hall–Kier alpha value is -3.49. The van der Waals surface area contributed by atoms with Crippen LogP contribution in [0.2, 0.25) is 0 Å². The number of aliphatic carboxylic acids is 2. The second-order valence-corrected chi connectivity index (χ2v) is 4.86. The van der Waals surface area contributed by atoms with Crippen molar-refractivity contribution in [2.24, 2.45) is 0 Å². The Morgan fingerprint density at radius 3 is 1.80 bits per heavy atom. The Labute approximate surface area is 141 Å². The molecular formula is C16H15NO8. The summed E-state index contributed by atoms with van der Waals surface area (Å²) in [4.78, 5) is 49.0. The molecule has 0 aromatic carbocycles. The van der Waals surface area contributed by atoms with Crippen molar-refractivity contribution in [1.29, 1.82) is 0 Å². The zero-order valence-electron chi connectivity index (χ0n) is 13.0. The van der Waals surface area contributed by atoms with Gasteiger partial charge in [0, 0.05) is 0 Å². The van der Waals surface area contributed by atoms with E-state index in [0.717, 1.165) is 18.2 Å². The van der Waals surface area contributed by atoms with Gasteiger partial charge in [0.05, 0.1) is 0 Å². The minimum Gasteiger partial charge on any atom is -0.480 e. The van der Waals surface area contributed by atoms with Crippen molar-refractivity contribution in [2.75, 3.05) is 0 Å². The molecule has 1 aromatic heterocycles. The number of aromatic nitrogens is 1. The summed E-state index contributed by atoms with van der Waals surface area (Å²) in [6.07, 6.45) is 5.71. The maximum absolute atomic E-state index is 11.7. The molecule has 0 fully saturated rings. The highest BCUT2D eigenvalue weighted by Gasteiger charge is 2.47. The molecule has 9 heteroatoms. The molecule has 0 saturated carbocycles. The van der Waals surface area contributed by atoms with E-state index >= 15 is 0 Å². The first-order valence-electron chi connectivity index (χ1n) is 6.91. The fourth-order valence-corrected chi connectivity index (χ4v) is 2.01. The SMILES string of the molecule is CC=CCC=CC(C(=O)O)(C(=O)O)c1cc(C(=O)O)nc(C(=O)O)c1. The number of pyridine rings is 1. The molecule has 0 aliphatic carbocycles. The first-order valence-corrected chi connectivity index (χ1v) is 6.91. The summed E-state index contributed by atoms with van der Waals surface area (Å²) in [5, 5.41) is 37.0. The highest BCUT2D eigenvalue weighted by Crippen LogP contribution is 2.29. The van der Waals surface area contributed by atoms with Crippen LogP contribution in [0.15, 0.2) is 36.4 Å². The molecule has 9 nitrogen and oxygen atoms in total. The Bertz CT molecular complexity index is 732. The number of allylic oxidation sites excluding steroid dienone is 3. The van der Waals surface area contributed by atoms with E-state index in [-0.39, 0.29) is 6.42 Å². The van der Waals surface area contributed by atoms with E-state index in [0.29, 0.717) is 0 Å². The number of carbonyl (C=O) groups is 4. The molecule has 1 aromatic rings. The molecule has 0 aliphatic rings. The molecule has 25 heavy (non-hydrogen) atoms. The first-order chi connectivity index (χ1) is 11.7. The van der Waals surface area contributed by atoms with Gasteiger partial charge >= 0.3 is 23.9 Å². The molecule has 1 heterocycles. The summed E-state index contributed by atoms with van der Waals surface area (Å²) >= 11 is 0. The molecular weight excluding hydrogens is 334 g/mol. The lowest BCUT2D eigenvalue weighted by molar-refractivity contribution is -0.154. The van der Waals surface area contributed by atoms with Crippen LogP contribution in [0.4, 0.5) is 0 Å². The van der Waals surface area contributed by atoms with Crippen LogP contribution >= 0.6 is 0 Å². The largest absolute Gasteiger partial charge is 0.480 e. The number of carboxylic acid groups (broad SMARTS) is 4. The number of aromatic carboxylic acids is 2. The van der Waals surface area contributed by atoms with Gasteiger partial charge in [-0.2, -0.15) is 0 Å². The number of carboxylic acids is 4. The number of hydrogen-bond acceptors (Lipinski definition) is 5. The van der Waals surface area contributed by atoms with Gasteiger partial charge in [-0.05, 0) is 31.0 Å². The standard InChI is InChI=1S/C16H15NO8/c1-2-3-4-5-6-16(14(22)23,15(24)25)9-7-10(12(18)19)17-11(8-9)13(20)21/h2-3,5-8H,4H2,1H3,(H,18,19)(H,20,21)(H,22,23)(H,24,25). The lowest BCUT2D eigenvalue weighted by Gasteiger charge is -2.22. The normalized spacial score (nSPS) is 11.7. The van der Waals surface area contributed by atoms with Crippen molar-refractivity contribution in [3.05, 3.63) is 53.4 Å². The molecule has 132 valence electrons. The summed E-state index contributed by atoms with van der Waals surface area (Å²) < 4.78 is 0. The van der Waals surface area contributed by atoms with E-state index in [9.17, 15) is 29.4 Å². The maximum atomic E-state index is 11.7. The van der Waals surface area contributed by atoms with E-state index in [1.165, 1.54) is 6.08 Å². The van der Waals surface area contributed by atoms with Gasteiger partial charge in [0.1, 0.15) is 11.4 Å². The number of hydrogen-bond donors (Lipinski definition) is 4. The quantitative estimate of drug-likeness (QED) is 0.401. The Morgan fingerprint density at radius 1 is 0.960 bits per heavy atom. The maximum Gasteiger partial charge on any atom is 0.354 e. The van der Waals surface area contributed by atoms with Crippen LogP contribution in [0.3, 0.4) is 0 Å². The zero-order chi connectivity index (χ0) is 19.2. The van der Waals surface area contributed by atoms with Gasteiger partial charge in [-0.15, -0.1) is 0 Å². The second-order valence-electron chi connectivity index (χ2n) is 4.86. The summed E-state index contributed by atoms with van der Waals surface area (Å²) in [6.45, 7) is 1.72. The predicted molar refractivity (Wildman–Crippen MR) is 83.7 cm³/mol. The fourth-order valence-electron chi connectivity index (χ4n) is 2.01. The number of rotatable bonds is 8. The summed E-state index contributed by atoms with van der Waals surface area (Å²) in [7, 11) is 0. The van der Waals surface area contributed by atoms with Gasteiger partial charge in [-0.1, -0.05) is 24.3 Å². The average Bonchev–Trinajstić information content (AvgIpc) is 2.53. The van der Waals surface area contributed by atoms with Gasteiger partial charge in [0.25, 0.3) is 0 Å². The Morgan fingerprint density at radius 2 is 1.44 bits per heavy atom.